The maximum Gasteiger partial charge on any atom is 0.254 e. The molecule has 2 aliphatic heterocycles. The average molecular weight is 412 g/mol. The molecule has 0 spiro atoms. The molecule has 0 aromatic heterocycles. The van der Waals surface area contributed by atoms with Crippen molar-refractivity contribution in [1.82, 2.24) is 9.80 Å². The summed E-state index contributed by atoms with van der Waals surface area (Å²) in [4.78, 5) is 17.2. The van der Waals surface area contributed by atoms with Crippen LogP contribution in [-0.2, 0) is 6.54 Å². The fraction of sp³-hybridized carbons (Fsp3) is 0.435. The molecule has 0 aliphatic carbocycles. The van der Waals surface area contributed by atoms with Crippen LogP contribution in [0, 0.1) is 0 Å². The third-order valence-electron chi connectivity index (χ3n) is 5.28. The molecule has 0 atom stereocenters. The number of fused-ring (bicyclic) bond motifs is 1. The minimum absolute atomic E-state index is 0.0205. The Morgan fingerprint density at radius 1 is 1.00 bits per heavy atom. The smallest absolute Gasteiger partial charge is 0.254 e. The van der Waals surface area contributed by atoms with Crippen molar-refractivity contribution >= 4 is 5.91 Å². The number of benzene rings is 2. The van der Waals surface area contributed by atoms with Gasteiger partial charge in [0, 0.05) is 38.3 Å². The first-order chi connectivity index (χ1) is 14.5. The van der Waals surface area contributed by atoms with Gasteiger partial charge in [-0.05, 0) is 49.7 Å². The molecule has 2 aromatic carbocycles. The van der Waals surface area contributed by atoms with Crippen LogP contribution in [0.5, 0.6) is 23.0 Å². The first kappa shape index (κ1) is 20.3. The summed E-state index contributed by atoms with van der Waals surface area (Å²) < 4.78 is 22.0. The van der Waals surface area contributed by atoms with Crippen LogP contribution in [0.2, 0.25) is 0 Å². The van der Waals surface area contributed by atoms with E-state index in [1.54, 1.807) is 13.2 Å². The van der Waals surface area contributed by atoms with E-state index >= 15 is 0 Å². The average Bonchev–Trinajstić information content (AvgIpc) is 3.21. The Morgan fingerprint density at radius 3 is 2.50 bits per heavy atom. The van der Waals surface area contributed by atoms with Crippen molar-refractivity contribution in [2.75, 3.05) is 40.1 Å². The van der Waals surface area contributed by atoms with E-state index in [1.165, 1.54) is 5.56 Å². The molecular weight excluding hydrogens is 384 g/mol. The van der Waals surface area contributed by atoms with E-state index in [2.05, 4.69) is 11.0 Å². The topological polar surface area (TPSA) is 60.5 Å². The molecule has 0 radical (unpaired) electrons. The Hall–Kier alpha value is -2.93. The molecule has 1 saturated heterocycles. The number of hydrogen-bond acceptors (Lipinski definition) is 6. The second-order valence-electron chi connectivity index (χ2n) is 7.79. The van der Waals surface area contributed by atoms with Crippen LogP contribution >= 0.6 is 0 Å². The van der Waals surface area contributed by atoms with E-state index in [0.717, 1.165) is 31.1 Å². The molecule has 2 aliphatic rings. The van der Waals surface area contributed by atoms with Crippen molar-refractivity contribution in [2.45, 2.75) is 26.5 Å². The first-order valence-electron chi connectivity index (χ1n) is 10.3. The van der Waals surface area contributed by atoms with Gasteiger partial charge < -0.3 is 23.8 Å². The molecule has 0 unspecified atom stereocenters. The fourth-order valence-corrected chi connectivity index (χ4v) is 3.74. The SMILES string of the molecule is COc1cc(C(=O)N2CCN(Cc3ccc4c(c3)OCO4)CC2)ccc1OC(C)C. The van der Waals surface area contributed by atoms with Gasteiger partial charge in [0.2, 0.25) is 6.79 Å². The van der Waals surface area contributed by atoms with Gasteiger partial charge in [-0.3, -0.25) is 9.69 Å². The number of carbonyl (C=O) groups excluding carboxylic acids is 1. The number of rotatable bonds is 6. The zero-order valence-corrected chi connectivity index (χ0v) is 17.7. The zero-order chi connectivity index (χ0) is 21.1. The van der Waals surface area contributed by atoms with Gasteiger partial charge in [-0.15, -0.1) is 0 Å². The summed E-state index contributed by atoms with van der Waals surface area (Å²) in [5.74, 6) is 2.86. The largest absolute Gasteiger partial charge is 0.493 e. The highest BCUT2D eigenvalue weighted by Crippen LogP contribution is 2.33. The van der Waals surface area contributed by atoms with Gasteiger partial charge in [0.15, 0.2) is 23.0 Å². The second-order valence-corrected chi connectivity index (χ2v) is 7.79. The minimum Gasteiger partial charge on any atom is -0.493 e. The summed E-state index contributed by atoms with van der Waals surface area (Å²) >= 11 is 0. The molecule has 0 N–H and O–H groups in total. The molecule has 30 heavy (non-hydrogen) atoms. The van der Waals surface area contributed by atoms with Gasteiger partial charge >= 0.3 is 0 Å². The van der Waals surface area contributed by atoms with Crippen molar-refractivity contribution in [1.29, 1.82) is 0 Å². The second kappa shape index (κ2) is 8.83. The van der Waals surface area contributed by atoms with Crippen LogP contribution in [0.4, 0.5) is 0 Å². The summed E-state index contributed by atoms with van der Waals surface area (Å²) in [6, 6.07) is 11.4. The zero-order valence-electron chi connectivity index (χ0n) is 17.7. The monoisotopic (exact) mass is 412 g/mol. The third kappa shape index (κ3) is 4.46. The quantitative estimate of drug-likeness (QED) is 0.726. The molecule has 7 heteroatoms. The highest BCUT2D eigenvalue weighted by Gasteiger charge is 2.24. The van der Waals surface area contributed by atoms with Crippen molar-refractivity contribution in [3.8, 4) is 23.0 Å². The number of carbonyl (C=O) groups is 1. The molecule has 4 rings (SSSR count). The first-order valence-corrected chi connectivity index (χ1v) is 10.3. The molecule has 1 fully saturated rings. The summed E-state index contributed by atoms with van der Waals surface area (Å²) in [6.07, 6.45) is 0.0401. The van der Waals surface area contributed by atoms with Gasteiger partial charge in [-0.1, -0.05) is 6.07 Å². The molecule has 0 bridgehead atoms. The minimum atomic E-state index is 0.0205. The third-order valence-corrected chi connectivity index (χ3v) is 5.28. The Labute approximate surface area is 177 Å². The molecular formula is C23H28N2O5. The van der Waals surface area contributed by atoms with Gasteiger partial charge in [-0.25, -0.2) is 0 Å². The van der Waals surface area contributed by atoms with Gasteiger partial charge in [-0.2, -0.15) is 0 Å². The molecule has 0 saturated carbocycles. The lowest BCUT2D eigenvalue weighted by molar-refractivity contribution is 0.0628. The maximum absolute atomic E-state index is 13.0. The molecule has 7 nitrogen and oxygen atoms in total. The van der Waals surface area contributed by atoms with Crippen LogP contribution in [-0.4, -0.2) is 61.9 Å². The van der Waals surface area contributed by atoms with E-state index in [1.807, 2.05) is 43.0 Å². The van der Waals surface area contributed by atoms with Crippen molar-refractivity contribution in [2.24, 2.45) is 0 Å². The van der Waals surface area contributed by atoms with Crippen molar-refractivity contribution < 1.29 is 23.7 Å². The van der Waals surface area contributed by atoms with Crippen LogP contribution in [0.15, 0.2) is 36.4 Å². The Morgan fingerprint density at radius 2 is 1.77 bits per heavy atom. The van der Waals surface area contributed by atoms with E-state index in [0.29, 0.717) is 30.2 Å². The molecule has 2 aromatic rings. The predicted octanol–water partition coefficient (Wildman–Crippen LogP) is 3.17. The highest BCUT2D eigenvalue weighted by atomic mass is 16.7. The van der Waals surface area contributed by atoms with E-state index in [-0.39, 0.29) is 18.8 Å². The summed E-state index contributed by atoms with van der Waals surface area (Å²) in [5, 5.41) is 0. The van der Waals surface area contributed by atoms with Crippen LogP contribution in [0.1, 0.15) is 29.8 Å². The normalized spacial score (nSPS) is 16.1. The maximum atomic E-state index is 13.0. The predicted molar refractivity (Wildman–Crippen MR) is 113 cm³/mol. The van der Waals surface area contributed by atoms with Gasteiger partial charge in [0.1, 0.15) is 0 Å². The van der Waals surface area contributed by atoms with Gasteiger partial charge in [0.05, 0.1) is 13.2 Å². The van der Waals surface area contributed by atoms with Crippen molar-refractivity contribution in [3.05, 3.63) is 47.5 Å². The lowest BCUT2D eigenvalue weighted by atomic mass is 10.1. The number of hydrogen-bond donors (Lipinski definition) is 0. The number of amides is 1. The Kier molecular flexibility index (Phi) is 5.99. The number of ether oxygens (including phenoxy) is 4. The standard InChI is InChI=1S/C23H28N2O5/c1-16(2)30-20-7-5-18(13-21(20)27-3)23(26)25-10-8-24(9-11-25)14-17-4-6-19-22(12-17)29-15-28-19/h4-7,12-13,16H,8-11,14-15H2,1-3H3. The summed E-state index contributed by atoms with van der Waals surface area (Å²) in [5.41, 5.74) is 1.80. The Balaban J connectivity index is 1.35. The van der Waals surface area contributed by atoms with E-state index in [9.17, 15) is 4.79 Å². The number of nitrogens with zero attached hydrogens (tertiary/aromatic N) is 2. The van der Waals surface area contributed by atoms with E-state index < -0.39 is 0 Å². The van der Waals surface area contributed by atoms with Crippen LogP contribution in [0.25, 0.3) is 0 Å². The number of methoxy groups -OCH3 is 1. The lowest BCUT2D eigenvalue weighted by Crippen LogP contribution is -2.48. The summed E-state index contributed by atoms with van der Waals surface area (Å²) in [7, 11) is 1.59. The van der Waals surface area contributed by atoms with Gasteiger partial charge in [0.25, 0.3) is 5.91 Å². The molecule has 2 heterocycles. The van der Waals surface area contributed by atoms with Crippen LogP contribution < -0.4 is 18.9 Å². The van der Waals surface area contributed by atoms with Crippen LogP contribution in [0.3, 0.4) is 0 Å². The summed E-state index contributed by atoms with van der Waals surface area (Å²) in [6.45, 7) is 8.06. The lowest BCUT2D eigenvalue weighted by Gasteiger charge is -2.35. The fourth-order valence-electron chi connectivity index (χ4n) is 3.74. The van der Waals surface area contributed by atoms with Crippen molar-refractivity contribution in [3.63, 3.8) is 0 Å². The molecule has 160 valence electrons. The highest BCUT2D eigenvalue weighted by molar-refractivity contribution is 5.95. The Bertz CT molecular complexity index is 906. The number of piperazine rings is 1. The van der Waals surface area contributed by atoms with E-state index in [4.69, 9.17) is 18.9 Å². The molecule has 1 amide bonds.